The molecule has 0 radical (unpaired) electrons. The quantitative estimate of drug-likeness (QED) is 0.883. The molecule has 19 heavy (non-hydrogen) atoms. The van der Waals surface area contributed by atoms with E-state index in [4.69, 9.17) is 4.74 Å². The van der Waals surface area contributed by atoms with Crippen LogP contribution in [0.25, 0.3) is 0 Å². The Morgan fingerprint density at radius 3 is 2.53 bits per heavy atom. The molecular weight excluding hydrogens is 311 g/mol. The zero-order valence-electron chi connectivity index (χ0n) is 10.7. The average molecular weight is 325 g/mol. The van der Waals surface area contributed by atoms with Crippen LogP contribution in [0.4, 0.5) is 4.39 Å². The Balaban J connectivity index is 2.25. The van der Waals surface area contributed by atoms with E-state index in [1.165, 1.54) is 6.07 Å². The van der Waals surface area contributed by atoms with Gasteiger partial charge in [0.25, 0.3) is 0 Å². The summed E-state index contributed by atoms with van der Waals surface area (Å²) in [5, 5.41) is 9.49. The first-order valence-electron chi connectivity index (χ1n) is 5.89. The van der Waals surface area contributed by atoms with Gasteiger partial charge in [0.05, 0.1) is 10.6 Å². The highest BCUT2D eigenvalue weighted by Gasteiger charge is 2.08. The minimum Gasteiger partial charge on any atom is -0.456 e. The van der Waals surface area contributed by atoms with Gasteiger partial charge in [0.2, 0.25) is 0 Å². The standard InChI is InChI=1S/C15H14BrFO2/c1-9-7-12(4-5-14(9)17)19-15-6-3-11(10(2)18)8-13(15)16/h3-8,10,18H,1-2H3/t10-/m1/s1. The number of aliphatic hydroxyl groups is 1. The molecule has 100 valence electrons. The van der Waals surface area contributed by atoms with Gasteiger partial charge in [-0.2, -0.15) is 0 Å². The minimum atomic E-state index is -0.529. The van der Waals surface area contributed by atoms with Crippen molar-refractivity contribution in [3.63, 3.8) is 0 Å². The van der Waals surface area contributed by atoms with Crippen molar-refractivity contribution in [3.8, 4) is 11.5 Å². The third kappa shape index (κ3) is 3.33. The number of hydrogen-bond donors (Lipinski definition) is 1. The van der Waals surface area contributed by atoms with E-state index in [9.17, 15) is 9.50 Å². The van der Waals surface area contributed by atoms with E-state index in [-0.39, 0.29) is 5.82 Å². The van der Waals surface area contributed by atoms with Gasteiger partial charge in [-0.15, -0.1) is 0 Å². The molecule has 4 heteroatoms. The fourth-order valence-corrected chi connectivity index (χ4v) is 2.14. The van der Waals surface area contributed by atoms with Crippen LogP contribution in [0, 0.1) is 12.7 Å². The summed E-state index contributed by atoms with van der Waals surface area (Å²) in [6, 6.07) is 9.97. The molecule has 0 bridgehead atoms. The van der Waals surface area contributed by atoms with E-state index in [0.29, 0.717) is 17.1 Å². The van der Waals surface area contributed by atoms with Crippen LogP contribution in [-0.4, -0.2) is 5.11 Å². The van der Waals surface area contributed by atoms with Crippen molar-refractivity contribution in [1.82, 2.24) is 0 Å². The third-order valence-electron chi connectivity index (χ3n) is 2.80. The Kier molecular flexibility index (Phi) is 4.22. The molecule has 1 N–H and O–H groups in total. The van der Waals surface area contributed by atoms with Gasteiger partial charge >= 0.3 is 0 Å². The molecule has 1 atom stereocenters. The van der Waals surface area contributed by atoms with Crippen LogP contribution in [0.5, 0.6) is 11.5 Å². The summed E-state index contributed by atoms with van der Waals surface area (Å²) in [4.78, 5) is 0. The summed E-state index contributed by atoms with van der Waals surface area (Å²) in [5.41, 5.74) is 1.34. The summed E-state index contributed by atoms with van der Waals surface area (Å²) in [6.45, 7) is 3.39. The molecule has 2 aromatic rings. The lowest BCUT2D eigenvalue weighted by Gasteiger charge is -2.11. The molecule has 0 heterocycles. The lowest BCUT2D eigenvalue weighted by Crippen LogP contribution is -1.93. The molecule has 2 aromatic carbocycles. The van der Waals surface area contributed by atoms with Crippen LogP contribution < -0.4 is 4.74 Å². The largest absolute Gasteiger partial charge is 0.456 e. The molecule has 0 saturated heterocycles. The molecular formula is C15H14BrFO2. The normalized spacial score (nSPS) is 12.3. The van der Waals surface area contributed by atoms with E-state index < -0.39 is 6.10 Å². The lowest BCUT2D eigenvalue weighted by molar-refractivity contribution is 0.199. The number of hydrogen-bond acceptors (Lipinski definition) is 2. The molecule has 0 aliphatic heterocycles. The van der Waals surface area contributed by atoms with Crippen molar-refractivity contribution in [3.05, 3.63) is 57.8 Å². The van der Waals surface area contributed by atoms with E-state index >= 15 is 0 Å². The van der Waals surface area contributed by atoms with Crippen LogP contribution in [-0.2, 0) is 0 Å². The highest BCUT2D eigenvalue weighted by atomic mass is 79.9. The summed E-state index contributed by atoms with van der Waals surface area (Å²) in [5.74, 6) is 0.940. The van der Waals surface area contributed by atoms with Gasteiger partial charge in [-0.3, -0.25) is 0 Å². The molecule has 0 saturated carbocycles. The second kappa shape index (κ2) is 5.72. The van der Waals surface area contributed by atoms with Gasteiger partial charge in [0.15, 0.2) is 0 Å². The summed E-state index contributed by atoms with van der Waals surface area (Å²) < 4.78 is 19.6. The highest BCUT2D eigenvalue weighted by molar-refractivity contribution is 9.10. The Labute approximate surface area is 120 Å². The number of ether oxygens (including phenoxy) is 1. The molecule has 0 unspecified atom stereocenters. The van der Waals surface area contributed by atoms with E-state index in [1.54, 1.807) is 44.2 Å². The van der Waals surface area contributed by atoms with Crippen LogP contribution in [0.15, 0.2) is 40.9 Å². The number of benzene rings is 2. The zero-order chi connectivity index (χ0) is 14.0. The van der Waals surface area contributed by atoms with Gasteiger partial charge in [-0.25, -0.2) is 4.39 Å². The van der Waals surface area contributed by atoms with E-state index in [2.05, 4.69) is 15.9 Å². The van der Waals surface area contributed by atoms with Crippen molar-refractivity contribution < 1.29 is 14.2 Å². The van der Waals surface area contributed by atoms with Gasteiger partial charge in [-0.05, 0) is 71.2 Å². The van der Waals surface area contributed by atoms with E-state index in [0.717, 1.165) is 10.0 Å². The Morgan fingerprint density at radius 1 is 1.21 bits per heavy atom. The Morgan fingerprint density at radius 2 is 1.95 bits per heavy atom. The van der Waals surface area contributed by atoms with Gasteiger partial charge in [-0.1, -0.05) is 6.07 Å². The predicted octanol–water partition coefficient (Wildman–Crippen LogP) is 4.74. The first kappa shape index (κ1) is 14.0. The zero-order valence-corrected chi connectivity index (χ0v) is 12.2. The molecule has 0 fully saturated rings. The SMILES string of the molecule is Cc1cc(Oc2ccc([C@@H](C)O)cc2Br)ccc1F. The van der Waals surface area contributed by atoms with Gasteiger partial charge < -0.3 is 9.84 Å². The second-order valence-electron chi connectivity index (χ2n) is 4.38. The Hall–Kier alpha value is -1.39. The van der Waals surface area contributed by atoms with E-state index in [1.807, 2.05) is 0 Å². The maximum atomic E-state index is 13.2. The molecule has 2 rings (SSSR count). The summed E-state index contributed by atoms with van der Waals surface area (Å²) in [7, 11) is 0. The fraction of sp³-hybridized carbons (Fsp3) is 0.200. The topological polar surface area (TPSA) is 29.5 Å². The molecule has 0 amide bonds. The number of aliphatic hydroxyl groups excluding tert-OH is 1. The Bertz CT molecular complexity index is 597. The van der Waals surface area contributed by atoms with Crippen molar-refractivity contribution in [2.45, 2.75) is 20.0 Å². The van der Waals surface area contributed by atoms with Gasteiger partial charge in [0, 0.05) is 0 Å². The second-order valence-corrected chi connectivity index (χ2v) is 5.23. The predicted molar refractivity (Wildman–Crippen MR) is 76.0 cm³/mol. The van der Waals surface area contributed by atoms with Crippen LogP contribution in [0.1, 0.15) is 24.2 Å². The van der Waals surface area contributed by atoms with Gasteiger partial charge in [0.1, 0.15) is 17.3 Å². The maximum absolute atomic E-state index is 13.2. The highest BCUT2D eigenvalue weighted by Crippen LogP contribution is 2.32. The number of aryl methyl sites for hydroxylation is 1. The summed E-state index contributed by atoms with van der Waals surface area (Å²) >= 11 is 3.40. The molecule has 2 nitrogen and oxygen atoms in total. The van der Waals surface area contributed by atoms with Crippen molar-refractivity contribution >= 4 is 15.9 Å². The van der Waals surface area contributed by atoms with Crippen LogP contribution >= 0.6 is 15.9 Å². The minimum absolute atomic E-state index is 0.254. The average Bonchev–Trinajstić information content (AvgIpc) is 2.36. The number of rotatable bonds is 3. The molecule has 0 spiro atoms. The molecule has 0 aliphatic carbocycles. The van der Waals surface area contributed by atoms with Crippen LogP contribution in [0.3, 0.4) is 0 Å². The number of halogens is 2. The van der Waals surface area contributed by atoms with Crippen molar-refractivity contribution in [2.24, 2.45) is 0 Å². The lowest BCUT2D eigenvalue weighted by atomic mass is 10.1. The first-order valence-corrected chi connectivity index (χ1v) is 6.68. The van der Waals surface area contributed by atoms with Crippen molar-refractivity contribution in [1.29, 1.82) is 0 Å². The molecule has 0 aliphatic rings. The summed E-state index contributed by atoms with van der Waals surface area (Å²) in [6.07, 6.45) is -0.529. The van der Waals surface area contributed by atoms with Crippen molar-refractivity contribution in [2.75, 3.05) is 0 Å². The first-order chi connectivity index (χ1) is 8.97. The van der Waals surface area contributed by atoms with Crippen LogP contribution in [0.2, 0.25) is 0 Å². The fourth-order valence-electron chi connectivity index (χ4n) is 1.67. The maximum Gasteiger partial charge on any atom is 0.141 e. The smallest absolute Gasteiger partial charge is 0.141 e. The third-order valence-corrected chi connectivity index (χ3v) is 3.42. The molecule has 0 aromatic heterocycles. The monoisotopic (exact) mass is 324 g/mol.